The second-order valence-corrected chi connectivity index (χ2v) is 28.5. The fourth-order valence-corrected chi connectivity index (χ4v) is 10.3. The van der Waals surface area contributed by atoms with Crippen LogP contribution in [-0.2, 0) is 75.4 Å². The van der Waals surface area contributed by atoms with Gasteiger partial charge in [0, 0.05) is 117 Å². The third-order valence-electron chi connectivity index (χ3n) is 17.0. The normalized spacial score (nSPS) is 12.1. The lowest BCUT2D eigenvalue weighted by Gasteiger charge is -2.32. The van der Waals surface area contributed by atoms with Crippen LogP contribution in [0.3, 0.4) is 0 Å². The molecule has 0 aliphatic carbocycles. The first-order valence-electron chi connectivity index (χ1n) is 36.0. The minimum absolute atomic E-state index is 0. The standard InChI is InChI=1S/C30H29N3O6.C18H23BN2O4.C12H11BrN2O2.C12H12N2O3.C7H9NO2.C5H3BrFN.CH4/c1-19-12-25-29(35)24-8-6-22(14-26(24)39-30(25)27(13-19)36-11-10-33(2)3)38-23-7-9-28(32-16-23)37-18-20-4-5-21(17-34)31-15-20;1-17(2)18(3,4)25-19(24-17)14-6-8-16(21-10-14)23-12-13-5-7-15(11-22)20-9-13;13-10-2-4-12(15-6-10)17-8-9-1-3-11(7-16)14-5-9;15-7-10-2-1-9(5-13-10)8-17-12-4-3-11(16)6-14-12;9-4-6-1-2-7(5-10)8-3-6;6-4-1-2-5(7)8-3-4;/h4-9,12-16,34H,10-11,17-18H2,1-3H3;5-10,22H,11-12H2,1-4H3;1-6,16H,7-8H2;1-6,15-16H,7-8H2;1-3,9-10H,4-5H2;1-3H;1H4. The highest BCUT2D eigenvalue weighted by atomic mass is 79.9. The summed E-state index contributed by atoms with van der Waals surface area (Å²) in [7, 11) is 3.52. The second-order valence-electron chi connectivity index (χ2n) is 26.7. The van der Waals surface area contributed by atoms with Gasteiger partial charge in [-0.25, -0.2) is 24.9 Å². The van der Waals surface area contributed by atoms with Crippen LogP contribution < -0.4 is 39.3 Å². The average molecular weight is 1730 g/mol. The third-order valence-corrected chi connectivity index (χ3v) is 17.9. The zero-order chi connectivity index (χ0) is 83.0. The lowest BCUT2D eigenvalue weighted by molar-refractivity contribution is 0.00578. The van der Waals surface area contributed by atoms with Gasteiger partial charge in [-0.1, -0.05) is 43.8 Å². The predicted molar refractivity (Wildman–Crippen MR) is 444 cm³/mol. The molecule has 0 saturated carbocycles. The number of hydrogen-bond donors (Lipinski definition) is 7. The topological polar surface area (TPSA) is 378 Å². The van der Waals surface area contributed by atoms with Crippen molar-refractivity contribution in [3.63, 3.8) is 0 Å². The number of likely N-dealkylation sites (N-methyl/N-ethyl adjacent to an activating group) is 1. The van der Waals surface area contributed by atoms with E-state index in [1.54, 1.807) is 141 Å². The Balaban J connectivity index is 0.000000189. The number of rotatable bonds is 25. The molecule has 32 heteroatoms. The molecule has 12 heterocycles. The van der Waals surface area contributed by atoms with Crippen molar-refractivity contribution < 1.29 is 82.3 Å². The SMILES string of the molecule is C.CC1(C)OB(c2ccc(OCc3ccc(CO)nc3)nc2)OC1(C)C.Cc1cc(OCCN(C)C)c2oc3cc(Oc4ccc(OCc5ccc(CO)nc5)nc4)ccc3c(=O)c2c1.Fc1ccc(Br)cn1.OCc1ccc(CO)nc1.OCc1ccc(COc2ccc(Br)cn2)cn1.OCc1ccc(COc2ccc(O)cn2)cn1. The van der Waals surface area contributed by atoms with Crippen LogP contribution in [0.4, 0.5) is 4.39 Å². The van der Waals surface area contributed by atoms with E-state index in [1.807, 2.05) is 102 Å². The van der Waals surface area contributed by atoms with E-state index in [4.69, 9.17) is 77.9 Å². The van der Waals surface area contributed by atoms with Gasteiger partial charge in [0.2, 0.25) is 34.9 Å². The number of aliphatic hydroxyl groups excluding tert-OH is 6. The molecule has 0 radical (unpaired) electrons. The maximum Gasteiger partial charge on any atom is 0.496 e. The van der Waals surface area contributed by atoms with Crippen LogP contribution in [-0.4, -0.2) is 136 Å². The summed E-state index contributed by atoms with van der Waals surface area (Å²) in [5.74, 6) is 3.15. The van der Waals surface area contributed by atoms with Crippen molar-refractivity contribution in [2.75, 3.05) is 27.2 Å². The first kappa shape index (κ1) is 91.1. The average Bonchev–Trinajstić information content (AvgIpc) is 1.47. The summed E-state index contributed by atoms with van der Waals surface area (Å²) in [5.41, 5.74) is 9.21. The Morgan fingerprint density at radius 2 is 0.872 bits per heavy atom. The first-order valence-corrected chi connectivity index (χ1v) is 37.6. The Hall–Kier alpha value is -11.4. The summed E-state index contributed by atoms with van der Waals surface area (Å²) in [5, 5.41) is 62.9. The van der Waals surface area contributed by atoms with Crippen molar-refractivity contribution in [2.45, 2.75) is 119 Å². The van der Waals surface area contributed by atoms with Gasteiger partial charge in [-0.3, -0.25) is 29.7 Å². The number of pyridine rings is 10. The van der Waals surface area contributed by atoms with Crippen LogP contribution in [0.1, 0.15) is 97.0 Å². The minimum atomic E-state index is -0.451. The molecule has 28 nitrogen and oxygen atoms in total. The molecule has 1 fully saturated rings. The molecule has 1 aliphatic rings. The quantitative estimate of drug-likeness (QED) is 0.0159. The fourth-order valence-electron chi connectivity index (χ4n) is 9.87. The van der Waals surface area contributed by atoms with Gasteiger partial charge in [-0.05, 0) is 183 Å². The van der Waals surface area contributed by atoms with Gasteiger partial charge in [0.05, 0.1) is 102 Å². The lowest BCUT2D eigenvalue weighted by atomic mass is 9.80. The highest BCUT2D eigenvalue weighted by molar-refractivity contribution is 9.10. The van der Waals surface area contributed by atoms with Crippen LogP contribution in [0.2, 0.25) is 0 Å². The fraction of sp³-hybridized carbons (Fsp3) is 0.259. The number of benzene rings is 2. The van der Waals surface area contributed by atoms with E-state index in [2.05, 4.69) is 81.7 Å². The van der Waals surface area contributed by atoms with E-state index >= 15 is 0 Å². The molecule has 1 saturated heterocycles. The van der Waals surface area contributed by atoms with Crippen LogP contribution in [0.15, 0.2) is 232 Å². The number of fused-ring (bicyclic) bond motifs is 2. The number of hydrogen-bond acceptors (Lipinski definition) is 28. The van der Waals surface area contributed by atoms with Crippen molar-refractivity contribution in [3.8, 4) is 46.5 Å². The first-order chi connectivity index (χ1) is 55.9. The van der Waals surface area contributed by atoms with Gasteiger partial charge in [0.1, 0.15) is 55.9 Å². The molecule has 0 spiro atoms. The number of nitrogens with zero attached hydrogens (tertiary/aromatic N) is 11. The largest absolute Gasteiger partial charge is 0.506 e. The Bertz CT molecular complexity index is 5050. The summed E-state index contributed by atoms with van der Waals surface area (Å²) in [6, 6.07) is 43.5. The van der Waals surface area contributed by atoms with Gasteiger partial charge in [-0.2, -0.15) is 4.39 Å². The zero-order valence-electron chi connectivity index (χ0n) is 64.5. The van der Waals surface area contributed by atoms with E-state index in [0.717, 1.165) is 54.3 Å². The van der Waals surface area contributed by atoms with Crippen molar-refractivity contribution in [1.82, 2.24) is 54.7 Å². The molecule has 0 atom stereocenters. The summed E-state index contributed by atoms with van der Waals surface area (Å²) < 4.78 is 66.1. The van der Waals surface area contributed by atoms with Crippen molar-refractivity contribution in [3.05, 3.63) is 301 Å². The van der Waals surface area contributed by atoms with E-state index in [1.165, 1.54) is 24.5 Å². The number of aryl methyl sites for hydroxylation is 1. The molecule has 14 rings (SSSR count). The highest BCUT2D eigenvalue weighted by Crippen LogP contribution is 2.37. The van der Waals surface area contributed by atoms with Gasteiger partial charge in [-0.15, -0.1) is 0 Å². The smallest absolute Gasteiger partial charge is 0.496 e. The molecule has 0 amide bonds. The van der Waals surface area contributed by atoms with Gasteiger partial charge < -0.3 is 82.8 Å². The van der Waals surface area contributed by atoms with Crippen molar-refractivity contribution in [1.29, 1.82) is 0 Å². The Morgan fingerprint density at radius 1 is 0.444 bits per heavy atom. The number of aliphatic hydroxyl groups is 6. The molecule has 1 aliphatic heterocycles. The van der Waals surface area contributed by atoms with Crippen LogP contribution in [0.5, 0.6) is 46.5 Å². The maximum absolute atomic E-state index is 13.3. The lowest BCUT2D eigenvalue weighted by Crippen LogP contribution is -2.41. The molecule has 11 aromatic heterocycles. The number of halogens is 3. The molecule has 0 unspecified atom stereocenters. The molecular weight excluding hydrogens is 1640 g/mol. The Labute approximate surface area is 693 Å². The molecule has 612 valence electrons. The number of aromatic hydroxyl groups is 1. The second kappa shape index (κ2) is 45.8. The molecule has 7 N–H and O–H groups in total. The van der Waals surface area contributed by atoms with Crippen LogP contribution in [0.25, 0.3) is 21.9 Å². The van der Waals surface area contributed by atoms with E-state index in [9.17, 15) is 9.18 Å². The summed E-state index contributed by atoms with van der Waals surface area (Å²) >= 11 is 6.42. The summed E-state index contributed by atoms with van der Waals surface area (Å²) in [6.07, 6.45) is 15.9. The highest BCUT2D eigenvalue weighted by Gasteiger charge is 2.52. The van der Waals surface area contributed by atoms with Gasteiger partial charge >= 0.3 is 7.12 Å². The summed E-state index contributed by atoms with van der Waals surface area (Å²) in [6.45, 7) is 12.3. The Morgan fingerprint density at radius 3 is 1.25 bits per heavy atom. The number of ether oxygens (including phenoxy) is 6. The van der Waals surface area contributed by atoms with E-state index in [-0.39, 0.29) is 69.4 Å². The molecule has 0 bridgehead atoms. The number of aromatic nitrogens is 10. The van der Waals surface area contributed by atoms with Gasteiger partial charge in [0.15, 0.2) is 11.3 Å². The van der Waals surface area contributed by atoms with E-state index < -0.39 is 13.1 Å². The molecule has 13 aromatic rings. The minimum Gasteiger partial charge on any atom is -0.506 e. The predicted octanol–water partition coefficient (Wildman–Crippen LogP) is 12.9. The monoisotopic (exact) mass is 1730 g/mol. The molecule has 117 heavy (non-hydrogen) atoms. The Kier molecular flexibility index (Phi) is 35.7. The van der Waals surface area contributed by atoms with E-state index in [0.29, 0.717) is 124 Å². The third kappa shape index (κ3) is 29.1. The summed E-state index contributed by atoms with van der Waals surface area (Å²) in [4.78, 5) is 55.5. The van der Waals surface area contributed by atoms with Crippen LogP contribution >= 0.6 is 31.9 Å². The maximum atomic E-state index is 13.3. The molecular formula is C85H91BBr2FN11O17. The van der Waals surface area contributed by atoms with Crippen LogP contribution in [0, 0.1) is 12.9 Å². The zero-order valence-corrected chi connectivity index (χ0v) is 67.7. The molecule has 2 aromatic carbocycles. The van der Waals surface area contributed by atoms with Crippen molar-refractivity contribution in [2.24, 2.45) is 0 Å². The van der Waals surface area contributed by atoms with Gasteiger partial charge in [0.25, 0.3) is 0 Å². The van der Waals surface area contributed by atoms with Crippen molar-refractivity contribution >= 4 is 66.4 Å².